The molecule has 150 valence electrons. The van der Waals surface area contributed by atoms with E-state index in [-0.39, 0.29) is 17.3 Å². The number of nitrogens with zero attached hydrogens (tertiary/aromatic N) is 4. The summed E-state index contributed by atoms with van der Waals surface area (Å²) in [7, 11) is 3.23. The maximum atomic E-state index is 9.86. The topological polar surface area (TPSA) is 90.8 Å². The summed E-state index contributed by atoms with van der Waals surface area (Å²) in [4.78, 5) is 9.28. The Balaban J connectivity index is 1.86. The Hall–Kier alpha value is -3.64. The SMILES string of the molecule is COc1ccc(C2=NC(C#N)(C#N)N=C(c3ccc(OC)cc3)[C@H]3[C@@H]2C3(C)C)cc1. The van der Waals surface area contributed by atoms with Gasteiger partial charge in [0, 0.05) is 11.8 Å². The van der Waals surface area contributed by atoms with E-state index in [0.29, 0.717) is 0 Å². The number of fused-ring (bicyclic) bond motifs is 1. The van der Waals surface area contributed by atoms with E-state index in [9.17, 15) is 10.5 Å². The van der Waals surface area contributed by atoms with Gasteiger partial charge in [0.15, 0.2) is 0 Å². The van der Waals surface area contributed by atoms with Gasteiger partial charge in [-0.15, -0.1) is 0 Å². The summed E-state index contributed by atoms with van der Waals surface area (Å²) < 4.78 is 10.5. The Labute approximate surface area is 176 Å². The minimum Gasteiger partial charge on any atom is -0.497 e. The highest BCUT2D eigenvalue weighted by atomic mass is 16.5. The van der Waals surface area contributed by atoms with E-state index < -0.39 is 5.66 Å². The van der Waals surface area contributed by atoms with Gasteiger partial charge in [0.1, 0.15) is 23.6 Å². The summed E-state index contributed by atoms with van der Waals surface area (Å²) in [6.07, 6.45) is 0. The van der Waals surface area contributed by atoms with E-state index in [2.05, 4.69) is 23.8 Å². The molecule has 0 N–H and O–H groups in total. The second-order valence-electron chi connectivity index (χ2n) is 8.12. The molecular formula is C24H22N4O2. The van der Waals surface area contributed by atoms with E-state index in [1.165, 1.54) is 0 Å². The molecule has 2 aliphatic rings. The number of hydrogen-bond acceptors (Lipinski definition) is 6. The fraction of sp³-hybridized carbons (Fsp3) is 0.333. The predicted octanol–water partition coefficient (Wildman–Crippen LogP) is 4.01. The maximum Gasteiger partial charge on any atom is 0.326 e. The lowest BCUT2D eigenvalue weighted by Gasteiger charge is -2.16. The molecule has 0 saturated heterocycles. The van der Waals surface area contributed by atoms with Crippen molar-refractivity contribution in [3.8, 4) is 23.6 Å². The maximum absolute atomic E-state index is 9.86. The Morgan fingerprint density at radius 3 is 1.40 bits per heavy atom. The predicted molar refractivity (Wildman–Crippen MR) is 114 cm³/mol. The Bertz CT molecular complexity index is 1030. The highest BCUT2D eigenvalue weighted by Gasteiger charge is 2.64. The van der Waals surface area contributed by atoms with Gasteiger partial charge in [-0.2, -0.15) is 10.5 Å². The van der Waals surface area contributed by atoms with Gasteiger partial charge in [0.05, 0.1) is 25.6 Å². The molecule has 2 aromatic rings. The molecule has 0 aromatic heterocycles. The molecule has 1 aliphatic heterocycles. The van der Waals surface area contributed by atoms with Gasteiger partial charge < -0.3 is 9.47 Å². The Morgan fingerprint density at radius 2 is 1.10 bits per heavy atom. The zero-order valence-electron chi connectivity index (χ0n) is 17.4. The first-order valence-electron chi connectivity index (χ1n) is 9.70. The van der Waals surface area contributed by atoms with E-state index in [0.717, 1.165) is 34.0 Å². The number of rotatable bonds is 4. The van der Waals surface area contributed by atoms with Crippen molar-refractivity contribution in [3.05, 3.63) is 59.7 Å². The zero-order chi connectivity index (χ0) is 21.5. The van der Waals surface area contributed by atoms with Crippen LogP contribution in [0.1, 0.15) is 25.0 Å². The fourth-order valence-electron chi connectivity index (χ4n) is 4.31. The number of ether oxygens (including phenoxy) is 2. The van der Waals surface area contributed by atoms with Gasteiger partial charge in [-0.1, -0.05) is 13.8 Å². The van der Waals surface area contributed by atoms with Crippen molar-refractivity contribution in [3.63, 3.8) is 0 Å². The van der Waals surface area contributed by atoms with Gasteiger partial charge >= 0.3 is 5.66 Å². The summed E-state index contributed by atoms with van der Waals surface area (Å²) in [5.74, 6) is 1.58. The summed E-state index contributed by atoms with van der Waals surface area (Å²) in [6, 6.07) is 19.2. The van der Waals surface area contributed by atoms with Gasteiger partial charge in [-0.25, -0.2) is 9.98 Å². The molecule has 0 bridgehead atoms. The van der Waals surface area contributed by atoms with Crippen LogP contribution < -0.4 is 9.47 Å². The van der Waals surface area contributed by atoms with Crippen LogP contribution in [-0.2, 0) is 0 Å². The molecular weight excluding hydrogens is 376 g/mol. The third kappa shape index (κ3) is 3.02. The smallest absolute Gasteiger partial charge is 0.326 e. The van der Waals surface area contributed by atoms with Crippen LogP contribution in [0.15, 0.2) is 58.5 Å². The quantitative estimate of drug-likeness (QED) is 0.778. The molecule has 6 nitrogen and oxygen atoms in total. The summed E-state index contributed by atoms with van der Waals surface area (Å²) >= 11 is 0. The monoisotopic (exact) mass is 398 g/mol. The highest BCUT2D eigenvalue weighted by Crippen LogP contribution is 2.62. The minimum absolute atomic E-state index is 0.0512. The molecule has 6 heteroatoms. The fourth-order valence-corrected chi connectivity index (χ4v) is 4.31. The van der Waals surface area contributed by atoms with Crippen LogP contribution in [0.2, 0.25) is 0 Å². The molecule has 1 aliphatic carbocycles. The molecule has 0 spiro atoms. The van der Waals surface area contributed by atoms with Crippen molar-refractivity contribution >= 4 is 11.4 Å². The lowest BCUT2D eigenvalue weighted by molar-refractivity contribution is 0.414. The van der Waals surface area contributed by atoms with Crippen molar-refractivity contribution in [1.82, 2.24) is 0 Å². The van der Waals surface area contributed by atoms with E-state index in [1.807, 2.05) is 60.7 Å². The van der Waals surface area contributed by atoms with E-state index >= 15 is 0 Å². The number of hydrogen-bond donors (Lipinski definition) is 0. The highest BCUT2D eigenvalue weighted by molar-refractivity contribution is 6.15. The third-order valence-electron chi connectivity index (χ3n) is 6.06. The van der Waals surface area contributed by atoms with Crippen molar-refractivity contribution < 1.29 is 9.47 Å². The average Bonchev–Trinajstić information content (AvgIpc) is 3.40. The van der Waals surface area contributed by atoms with Crippen LogP contribution >= 0.6 is 0 Å². The molecule has 2 atom stereocenters. The van der Waals surface area contributed by atoms with Crippen LogP contribution in [0.25, 0.3) is 0 Å². The van der Waals surface area contributed by atoms with Gasteiger partial charge in [-0.05, 0) is 65.1 Å². The average molecular weight is 398 g/mol. The van der Waals surface area contributed by atoms with Crippen LogP contribution in [0.3, 0.4) is 0 Å². The molecule has 0 amide bonds. The third-order valence-corrected chi connectivity index (χ3v) is 6.06. The van der Waals surface area contributed by atoms with Gasteiger partial charge in [0.25, 0.3) is 0 Å². The molecule has 0 unspecified atom stereocenters. The zero-order valence-corrected chi connectivity index (χ0v) is 17.4. The summed E-state index contributed by atoms with van der Waals surface area (Å²) in [5, 5.41) is 19.7. The summed E-state index contributed by atoms with van der Waals surface area (Å²) in [5.41, 5.74) is 1.31. The molecule has 2 aromatic carbocycles. The normalized spacial score (nSPS) is 22.9. The lowest BCUT2D eigenvalue weighted by Crippen LogP contribution is -2.25. The van der Waals surface area contributed by atoms with Crippen molar-refractivity contribution in [2.45, 2.75) is 19.5 Å². The van der Waals surface area contributed by atoms with Crippen LogP contribution in [-0.4, -0.2) is 31.3 Å². The number of methoxy groups -OCH3 is 2. The molecule has 0 radical (unpaired) electrons. The standard InChI is InChI=1S/C24H22N4O2/c1-23(2)19-20(23)22(16-7-11-18(30-4)12-8-16)28-24(13-25,14-26)27-21(19)15-5-9-17(29-3)10-6-15/h5-12,19-20H,1-4H3/t19-,20+. The molecule has 4 rings (SSSR count). The van der Waals surface area contributed by atoms with Gasteiger partial charge in [0.2, 0.25) is 0 Å². The Kier molecular flexibility index (Phi) is 4.59. The van der Waals surface area contributed by atoms with Crippen molar-refractivity contribution in [2.75, 3.05) is 14.2 Å². The molecule has 1 heterocycles. The van der Waals surface area contributed by atoms with E-state index in [4.69, 9.17) is 9.47 Å². The summed E-state index contributed by atoms with van der Waals surface area (Å²) in [6.45, 7) is 4.35. The second kappa shape index (κ2) is 7.00. The first kappa shape index (κ1) is 19.7. The van der Waals surface area contributed by atoms with Crippen LogP contribution in [0.4, 0.5) is 0 Å². The largest absolute Gasteiger partial charge is 0.497 e. The number of nitriles is 2. The Morgan fingerprint density at radius 1 is 0.733 bits per heavy atom. The number of aliphatic imine (C=N–C) groups is 2. The lowest BCUT2D eigenvalue weighted by atomic mass is 9.99. The minimum atomic E-state index is -1.81. The number of benzene rings is 2. The van der Waals surface area contributed by atoms with Crippen LogP contribution in [0, 0.1) is 39.9 Å². The van der Waals surface area contributed by atoms with Crippen LogP contribution in [0.5, 0.6) is 11.5 Å². The van der Waals surface area contributed by atoms with Crippen molar-refractivity contribution in [1.29, 1.82) is 10.5 Å². The van der Waals surface area contributed by atoms with Gasteiger partial charge in [-0.3, -0.25) is 0 Å². The molecule has 1 saturated carbocycles. The van der Waals surface area contributed by atoms with Crippen molar-refractivity contribution in [2.24, 2.45) is 27.2 Å². The second-order valence-corrected chi connectivity index (χ2v) is 8.12. The molecule has 30 heavy (non-hydrogen) atoms. The molecule has 1 fully saturated rings. The first-order chi connectivity index (χ1) is 14.4. The first-order valence-corrected chi connectivity index (χ1v) is 9.70. The van der Waals surface area contributed by atoms with E-state index in [1.54, 1.807) is 14.2 Å².